The van der Waals surface area contributed by atoms with Crippen molar-refractivity contribution in [2.75, 3.05) is 13.2 Å². The summed E-state index contributed by atoms with van der Waals surface area (Å²) in [6.45, 7) is 6.51. The first-order valence-electron chi connectivity index (χ1n) is 8.24. The molecule has 1 atom stereocenters. The molecule has 0 bridgehead atoms. The molecule has 1 amide bonds. The van der Waals surface area contributed by atoms with E-state index in [2.05, 4.69) is 21.9 Å². The Bertz CT molecular complexity index is 701. The Morgan fingerprint density at radius 2 is 2.20 bits per heavy atom. The van der Waals surface area contributed by atoms with Crippen molar-refractivity contribution < 1.29 is 14.6 Å². The van der Waals surface area contributed by atoms with Gasteiger partial charge in [0.05, 0.1) is 11.3 Å². The average molecular weight is 344 g/mol. The van der Waals surface area contributed by atoms with Crippen LogP contribution in [0.4, 0.5) is 0 Å². The molecular weight excluding hydrogens is 320 g/mol. The average Bonchev–Trinajstić information content (AvgIpc) is 2.58. The maximum absolute atomic E-state index is 11.2. The molecule has 1 unspecified atom stereocenters. The van der Waals surface area contributed by atoms with E-state index in [9.17, 15) is 15.2 Å². The highest BCUT2D eigenvalue weighted by Gasteiger charge is 2.17. The lowest BCUT2D eigenvalue weighted by Gasteiger charge is -2.23. The molecule has 1 aromatic rings. The van der Waals surface area contributed by atoms with Gasteiger partial charge in [-0.15, -0.1) is 0 Å². The molecule has 1 heterocycles. The summed E-state index contributed by atoms with van der Waals surface area (Å²) < 4.78 is 5.65. The molecule has 1 aliphatic heterocycles. The smallest absolute Gasteiger partial charge is 0.240 e. The van der Waals surface area contributed by atoms with E-state index < -0.39 is 6.10 Å². The van der Waals surface area contributed by atoms with Crippen molar-refractivity contribution in [3.8, 4) is 11.8 Å². The molecule has 0 saturated heterocycles. The molecule has 0 fully saturated rings. The lowest BCUT2D eigenvalue weighted by Crippen LogP contribution is -2.42. The fourth-order valence-corrected chi connectivity index (χ4v) is 2.26. The Hall–Kier alpha value is -2.43. The summed E-state index contributed by atoms with van der Waals surface area (Å²) in [6.07, 6.45) is 0.224. The van der Waals surface area contributed by atoms with Gasteiger partial charge in [0.25, 0.3) is 0 Å². The predicted molar refractivity (Wildman–Crippen MR) is 94.3 cm³/mol. The van der Waals surface area contributed by atoms with Crippen LogP contribution in [0.25, 0.3) is 0 Å². The highest BCUT2D eigenvalue weighted by Crippen LogP contribution is 2.22. The third-order valence-corrected chi connectivity index (χ3v) is 3.64. The molecule has 0 saturated carbocycles. The lowest BCUT2D eigenvalue weighted by molar-refractivity contribution is -0.121. The number of hydrazone groups is 1. The Kier molecular flexibility index (Phi) is 6.12. The van der Waals surface area contributed by atoms with Gasteiger partial charge in [-0.1, -0.05) is 6.07 Å². The number of aliphatic hydroxyl groups excluding tert-OH is 1. The van der Waals surface area contributed by atoms with E-state index >= 15 is 0 Å². The summed E-state index contributed by atoms with van der Waals surface area (Å²) in [5.74, 6) is 0.290. The van der Waals surface area contributed by atoms with Crippen LogP contribution in [0.15, 0.2) is 23.3 Å². The van der Waals surface area contributed by atoms with E-state index in [-0.39, 0.29) is 18.1 Å². The van der Waals surface area contributed by atoms with Crippen molar-refractivity contribution in [1.29, 1.82) is 5.26 Å². The third-order valence-electron chi connectivity index (χ3n) is 3.64. The molecule has 0 aromatic heterocycles. The predicted octanol–water partition coefficient (Wildman–Crippen LogP) is 1.30. The van der Waals surface area contributed by atoms with Crippen molar-refractivity contribution in [1.82, 2.24) is 10.7 Å². The van der Waals surface area contributed by atoms with Gasteiger partial charge in [0.15, 0.2) is 0 Å². The molecule has 7 heteroatoms. The number of carbonyl (C=O) groups excluding carboxylic acids is 1. The van der Waals surface area contributed by atoms with Crippen molar-refractivity contribution in [2.24, 2.45) is 5.10 Å². The van der Waals surface area contributed by atoms with Crippen molar-refractivity contribution >= 4 is 11.6 Å². The van der Waals surface area contributed by atoms with Crippen LogP contribution in [0.2, 0.25) is 0 Å². The van der Waals surface area contributed by atoms with Crippen LogP contribution in [-0.4, -0.2) is 41.5 Å². The molecule has 0 aliphatic carbocycles. The van der Waals surface area contributed by atoms with Gasteiger partial charge in [0.1, 0.15) is 24.5 Å². The minimum atomic E-state index is -0.694. The first-order chi connectivity index (χ1) is 11.8. The number of ether oxygens (including phenoxy) is 1. The summed E-state index contributed by atoms with van der Waals surface area (Å²) in [5, 5.41) is 26.5. The monoisotopic (exact) mass is 344 g/mol. The number of β-amino-alcohol motifs (C(OH)–C–C–N with tert-alkyl or cyclic N) is 1. The highest BCUT2D eigenvalue weighted by molar-refractivity contribution is 6.04. The number of benzene rings is 1. The van der Waals surface area contributed by atoms with E-state index in [1.165, 1.54) is 0 Å². The van der Waals surface area contributed by atoms with Crippen molar-refractivity contribution in [2.45, 2.75) is 45.3 Å². The molecule has 7 nitrogen and oxygen atoms in total. The second-order valence-corrected chi connectivity index (χ2v) is 7.01. The van der Waals surface area contributed by atoms with Gasteiger partial charge < -0.3 is 15.2 Å². The summed E-state index contributed by atoms with van der Waals surface area (Å²) in [5.41, 5.74) is 4.28. The number of hydrogen-bond acceptors (Lipinski definition) is 6. The summed E-state index contributed by atoms with van der Waals surface area (Å²) in [6, 6.07) is 7.24. The summed E-state index contributed by atoms with van der Waals surface area (Å²) in [7, 11) is 0. The number of carbonyl (C=O) groups is 1. The fraction of sp³-hybridized carbons (Fsp3) is 0.500. The quantitative estimate of drug-likeness (QED) is 0.721. The molecule has 1 aliphatic rings. The minimum absolute atomic E-state index is 0.0738. The van der Waals surface area contributed by atoms with Crippen LogP contribution in [0.3, 0.4) is 0 Å². The summed E-state index contributed by atoms with van der Waals surface area (Å²) in [4.78, 5) is 11.2. The largest absolute Gasteiger partial charge is 0.489 e. The molecule has 0 radical (unpaired) electrons. The molecule has 25 heavy (non-hydrogen) atoms. The number of aliphatic hydroxyl groups is 1. The second-order valence-electron chi connectivity index (χ2n) is 7.01. The van der Waals surface area contributed by atoms with Crippen LogP contribution in [0, 0.1) is 11.3 Å². The SMILES string of the molecule is CC(C)(C)NCC(O)COc1cc(C2=NNC(=O)CC2)ccc1C#N. The van der Waals surface area contributed by atoms with E-state index in [4.69, 9.17) is 4.74 Å². The lowest BCUT2D eigenvalue weighted by atomic mass is 10.0. The first kappa shape index (κ1) is 18.9. The van der Waals surface area contributed by atoms with Crippen LogP contribution in [0.5, 0.6) is 5.75 Å². The van der Waals surface area contributed by atoms with Gasteiger partial charge >= 0.3 is 0 Å². The Balaban J connectivity index is 2.05. The van der Waals surface area contributed by atoms with Gasteiger partial charge in [-0.25, -0.2) is 5.43 Å². The van der Waals surface area contributed by atoms with E-state index in [1.807, 2.05) is 20.8 Å². The van der Waals surface area contributed by atoms with Gasteiger partial charge in [0.2, 0.25) is 5.91 Å². The molecule has 134 valence electrons. The Morgan fingerprint density at radius 1 is 1.44 bits per heavy atom. The van der Waals surface area contributed by atoms with Crippen molar-refractivity contribution in [3.63, 3.8) is 0 Å². The number of nitrogens with zero attached hydrogens (tertiary/aromatic N) is 2. The maximum Gasteiger partial charge on any atom is 0.240 e. The van der Waals surface area contributed by atoms with E-state index in [0.717, 1.165) is 11.3 Å². The Morgan fingerprint density at radius 3 is 2.80 bits per heavy atom. The van der Waals surface area contributed by atoms with Crippen molar-refractivity contribution in [3.05, 3.63) is 29.3 Å². The van der Waals surface area contributed by atoms with Crippen LogP contribution >= 0.6 is 0 Å². The number of hydrogen-bond donors (Lipinski definition) is 3. The van der Waals surface area contributed by atoms with Crippen LogP contribution in [-0.2, 0) is 4.79 Å². The number of rotatable bonds is 6. The zero-order valence-corrected chi connectivity index (χ0v) is 14.8. The third kappa shape index (κ3) is 5.85. The van der Waals surface area contributed by atoms with Gasteiger partial charge in [-0.2, -0.15) is 10.4 Å². The van der Waals surface area contributed by atoms with E-state index in [1.54, 1.807) is 18.2 Å². The molecule has 1 aromatic carbocycles. The second kappa shape index (κ2) is 8.10. The fourth-order valence-electron chi connectivity index (χ4n) is 2.26. The minimum Gasteiger partial charge on any atom is -0.489 e. The Labute approximate surface area is 147 Å². The van der Waals surface area contributed by atoms with E-state index in [0.29, 0.717) is 30.7 Å². The molecule has 0 spiro atoms. The summed E-state index contributed by atoms with van der Waals surface area (Å²) >= 11 is 0. The zero-order chi connectivity index (χ0) is 18.4. The molecular formula is C18H24N4O3. The zero-order valence-electron chi connectivity index (χ0n) is 14.8. The standard InChI is InChI=1S/C18H24N4O3/c1-18(2,3)20-10-14(23)11-25-16-8-12(4-5-13(16)9-19)15-6-7-17(24)22-21-15/h4-5,8,14,20,23H,6-7,10-11H2,1-3H3,(H,22,24). The topological polar surface area (TPSA) is 107 Å². The van der Waals surface area contributed by atoms with Gasteiger partial charge in [-0.05, 0) is 32.9 Å². The maximum atomic E-state index is 11.2. The van der Waals surface area contributed by atoms with Crippen LogP contribution in [0.1, 0.15) is 44.7 Å². The molecule has 3 N–H and O–H groups in total. The van der Waals surface area contributed by atoms with Crippen LogP contribution < -0.4 is 15.5 Å². The normalized spacial score (nSPS) is 15.8. The first-order valence-corrected chi connectivity index (χ1v) is 8.24. The number of nitrogens with one attached hydrogen (secondary N) is 2. The molecule has 2 rings (SSSR count). The highest BCUT2D eigenvalue weighted by atomic mass is 16.5. The van der Waals surface area contributed by atoms with Gasteiger partial charge in [-0.3, -0.25) is 4.79 Å². The number of nitriles is 1. The van der Waals surface area contributed by atoms with Gasteiger partial charge in [0, 0.05) is 30.5 Å². The number of amides is 1.